The molecule has 0 bridgehead atoms. The van der Waals surface area contributed by atoms with Gasteiger partial charge in [0.1, 0.15) is 6.04 Å². The summed E-state index contributed by atoms with van der Waals surface area (Å²) >= 11 is 0. The fourth-order valence-electron chi connectivity index (χ4n) is 4.12. The number of halogens is 3. The van der Waals surface area contributed by atoms with E-state index >= 15 is 0 Å². The van der Waals surface area contributed by atoms with Crippen molar-refractivity contribution in [1.29, 1.82) is 0 Å². The molecule has 3 aromatic rings. The second-order valence-corrected chi connectivity index (χ2v) is 11.5. The smallest absolute Gasteiger partial charge is 0.377 e. The molecule has 0 radical (unpaired) electrons. The van der Waals surface area contributed by atoms with Gasteiger partial charge < -0.3 is 26.0 Å². The first-order valence-corrected chi connectivity index (χ1v) is 14.6. The topological polar surface area (TPSA) is 152 Å². The summed E-state index contributed by atoms with van der Waals surface area (Å²) in [6.07, 6.45) is -3.87. The standard InChI is InChI=1S/C26H30F3N7O4S/c1-16-15-40-14-13-36(16)24-34-22(33-23(35-24)19-5-3-4-6-20(19)41(2,38)39)17-7-9-18(10-8-17)32-25(37)31-12-11-21(30)26(27,28)29/h3-10,16,21H,11-15,30H2,1-2H3,(H2,31,32,37)/t16-,21?/m0/s1. The highest BCUT2D eigenvalue weighted by Crippen LogP contribution is 2.29. The second kappa shape index (κ2) is 12.4. The van der Waals surface area contributed by atoms with Gasteiger partial charge in [-0.3, -0.25) is 0 Å². The molecule has 41 heavy (non-hydrogen) atoms. The molecule has 1 unspecified atom stereocenters. The third kappa shape index (κ3) is 7.68. The minimum absolute atomic E-state index is 0.0345. The molecule has 2 aromatic carbocycles. The number of alkyl halides is 3. The summed E-state index contributed by atoms with van der Waals surface area (Å²) in [6.45, 7) is 3.20. The molecule has 220 valence electrons. The second-order valence-electron chi connectivity index (χ2n) is 9.56. The lowest BCUT2D eigenvalue weighted by Crippen LogP contribution is -2.44. The van der Waals surface area contributed by atoms with Crippen molar-refractivity contribution in [2.24, 2.45) is 5.73 Å². The van der Waals surface area contributed by atoms with E-state index in [4.69, 9.17) is 10.5 Å². The van der Waals surface area contributed by atoms with Crippen LogP contribution in [0.15, 0.2) is 53.4 Å². The number of hydrogen-bond donors (Lipinski definition) is 3. The summed E-state index contributed by atoms with van der Waals surface area (Å²) in [5.41, 5.74) is 6.33. The number of nitrogens with two attached hydrogens (primary N) is 1. The maximum atomic E-state index is 12.5. The molecule has 1 fully saturated rings. The Bertz CT molecular complexity index is 1490. The van der Waals surface area contributed by atoms with E-state index in [1.165, 1.54) is 6.07 Å². The molecule has 4 rings (SSSR count). The van der Waals surface area contributed by atoms with Crippen LogP contribution in [0, 0.1) is 0 Å². The first-order chi connectivity index (χ1) is 19.3. The Morgan fingerprint density at radius 3 is 2.46 bits per heavy atom. The summed E-state index contributed by atoms with van der Waals surface area (Å²) in [4.78, 5) is 28.0. The lowest BCUT2D eigenvalue weighted by atomic mass is 10.1. The number of aromatic nitrogens is 3. The van der Waals surface area contributed by atoms with Crippen LogP contribution in [0.2, 0.25) is 0 Å². The number of ether oxygens (including phenoxy) is 1. The lowest BCUT2D eigenvalue weighted by molar-refractivity contribution is -0.148. The fourth-order valence-corrected chi connectivity index (χ4v) is 5.01. The van der Waals surface area contributed by atoms with Gasteiger partial charge in [0.05, 0.1) is 24.2 Å². The van der Waals surface area contributed by atoms with Gasteiger partial charge >= 0.3 is 12.2 Å². The highest BCUT2D eigenvalue weighted by molar-refractivity contribution is 7.90. The first-order valence-electron chi connectivity index (χ1n) is 12.7. The van der Waals surface area contributed by atoms with Gasteiger partial charge in [0.15, 0.2) is 21.5 Å². The molecule has 0 aliphatic carbocycles. The molecule has 1 aromatic heterocycles. The van der Waals surface area contributed by atoms with Crippen molar-refractivity contribution < 1.29 is 31.1 Å². The molecular formula is C26H30F3N7O4S. The van der Waals surface area contributed by atoms with E-state index in [1.54, 1.807) is 42.5 Å². The van der Waals surface area contributed by atoms with Gasteiger partial charge in [-0.05, 0) is 49.7 Å². The van der Waals surface area contributed by atoms with E-state index in [0.717, 1.165) is 6.26 Å². The van der Waals surface area contributed by atoms with Crippen LogP contribution < -0.4 is 21.3 Å². The molecule has 1 aliphatic rings. The van der Waals surface area contributed by atoms with Crippen LogP contribution in [0.3, 0.4) is 0 Å². The lowest BCUT2D eigenvalue weighted by Gasteiger charge is -2.33. The van der Waals surface area contributed by atoms with Crippen LogP contribution >= 0.6 is 0 Å². The van der Waals surface area contributed by atoms with Crippen molar-refractivity contribution in [3.8, 4) is 22.8 Å². The average molecular weight is 594 g/mol. The molecule has 0 spiro atoms. The van der Waals surface area contributed by atoms with E-state index in [-0.39, 0.29) is 29.1 Å². The molecule has 0 saturated carbocycles. The zero-order valence-electron chi connectivity index (χ0n) is 22.4. The molecule has 1 saturated heterocycles. The quantitative estimate of drug-likeness (QED) is 0.357. The maximum absolute atomic E-state index is 12.5. The summed E-state index contributed by atoms with van der Waals surface area (Å²) < 4.78 is 68.1. The zero-order chi connectivity index (χ0) is 29.8. The Balaban J connectivity index is 1.60. The number of benzene rings is 2. The Kier molecular flexibility index (Phi) is 9.09. The number of carbonyl (C=O) groups excluding carboxylic acids is 1. The van der Waals surface area contributed by atoms with E-state index in [0.29, 0.717) is 42.5 Å². The molecule has 2 atom stereocenters. The summed E-state index contributed by atoms with van der Waals surface area (Å²) in [6, 6.07) is 10.2. The highest BCUT2D eigenvalue weighted by atomic mass is 32.2. The van der Waals surface area contributed by atoms with Crippen LogP contribution in [0.1, 0.15) is 13.3 Å². The molecule has 11 nitrogen and oxygen atoms in total. The Morgan fingerprint density at radius 2 is 1.80 bits per heavy atom. The Morgan fingerprint density at radius 1 is 1.12 bits per heavy atom. The third-order valence-electron chi connectivity index (χ3n) is 6.34. The number of nitrogens with zero attached hydrogens (tertiary/aromatic N) is 4. The predicted molar refractivity (Wildman–Crippen MR) is 147 cm³/mol. The fraction of sp³-hybridized carbons (Fsp3) is 0.385. The van der Waals surface area contributed by atoms with Crippen molar-refractivity contribution in [1.82, 2.24) is 20.3 Å². The van der Waals surface area contributed by atoms with Crippen molar-refractivity contribution in [3.05, 3.63) is 48.5 Å². The van der Waals surface area contributed by atoms with Gasteiger partial charge in [-0.15, -0.1) is 0 Å². The van der Waals surface area contributed by atoms with E-state index in [2.05, 4.69) is 25.6 Å². The molecule has 2 heterocycles. The van der Waals surface area contributed by atoms with Gasteiger partial charge in [0, 0.05) is 36.2 Å². The van der Waals surface area contributed by atoms with Crippen molar-refractivity contribution in [2.75, 3.05) is 42.8 Å². The van der Waals surface area contributed by atoms with Gasteiger partial charge in [0.25, 0.3) is 0 Å². The summed E-state index contributed by atoms with van der Waals surface area (Å²) in [5.74, 6) is 0.829. The van der Waals surface area contributed by atoms with Gasteiger partial charge in [0.2, 0.25) is 5.95 Å². The predicted octanol–water partition coefficient (Wildman–Crippen LogP) is 3.24. The number of hydrogen-bond acceptors (Lipinski definition) is 9. The molecular weight excluding hydrogens is 563 g/mol. The summed E-state index contributed by atoms with van der Waals surface area (Å²) in [7, 11) is -3.59. The molecule has 2 amide bonds. The monoisotopic (exact) mass is 593 g/mol. The number of sulfone groups is 1. The number of rotatable bonds is 8. The Labute approximate surface area is 235 Å². The van der Waals surface area contributed by atoms with Gasteiger partial charge in [-0.1, -0.05) is 12.1 Å². The zero-order valence-corrected chi connectivity index (χ0v) is 23.2. The van der Waals surface area contributed by atoms with Crippen molar-refractivity contribution in [3.63, 3.8) is 0 Å². The highest BCUT2D eigenvalue weighted by Gasteiger charge is 2.36. The minimum atomic E-state index is -4.53. The summed E-state index contributed by atoms with van der Waals surface area (Å²) in [5, 5.41) is 4.89. The van der Waals surface area contributed by atoms with Crippen LogP contribution in [0.5, 0.6) is 0 Å². The Hall–Kier alpha value is -3.82. The normalized spacial score (nSPS) is 16.7. The van der Waals surface area contributed by atoms with E-state index < -0.39 is 34.5 Å². The largest absolute Gasteiger partial charge is 0.403 e. The maximum Gasteiger partial charge on any atom is 0.403 e. The number of morpholine rings is 1. The van der Waals surface area contributed by atoms with Gasteiger partial charge in [-0.25, -0.2) is 18.2 Å². The molecule has 4 N–H and O–H groups in total. The van der Waals surface area contributed by atoms with Crippen molar-refractivity contribution in [2.45, 2.75) is 36.5 Å². The van der Waals surface area contributed by atoms with Crippen LogP contribution in [-0.2, 0) is 14.6 Å². The molecule has 1 aliphatic heterocycles. The van der Waals surface area contributed by atoms with Crippen LogP contribution in [0.4, 0.5) is 29.6 Å². The average Bonchev–Trinajstić information content (AvgIpc) is 2.92. The number of carbonyl (C=O) groups is 1. The number of amides is 2. The number of urea groups is 1. The van der Waals surface area contributed by atoms with Crippen LogP contribution in [-0.4, -0.2) is 80.2 Å². The SMILES string of the molecule is C[C@H]1COCCN1c1nc(-c2ccc(NC(=O)NCCC(N)C(F)(F)F)cc2)nc(-c2ccccc2S(C)(=O)=O)n1. The number of nitrogens with one attached hydrogen (secondary N) is 2. The van der Waals surface area contributed by atoms with Crippen molar-refractivity contribution >= 4 is 27.5 Å². The number of anilines is 2. The molecule has 15 heteroatoms. The van der Waals surface area contributed by atoms with Gasteiger partial charge in [-0.2, -0.15) is 23.1 Å². The minimum Gasteiger partial charge on any atom is -0.377 e. The first kappa shape index (κ1) is 30.1. The third-order valence-corrected chi connectivity index (χ3v) is 7.49. The van der Waals surface area contributed by atoms with Crippen LogP contribution in [0.25, 0.3) is 22.8 Å². The van der Waals surface area contributed by atoms with E-state index in [1.807, 2.05) is 11.8 Å². The van der Waals surface area contributed by atoms with E-state index in [9.17, 15) is 26.4 Å².